The highest BCUT2D eigenvalue weighted by molar-refractivity contribution is 5.89. The van der Waals surface area contributed by atoms with Crippen molar-refractivity contribution < 1.29 is 15.0 Å². The Bertz CT molecular complexity index is 357. The number of unbranched alkanes of at least 4 members (excludes halogenated alkanes) is 1. The van der Waals surface area contributed by atoms with Gasteiger partial charge in [0.1, 0.15) is 0 Å². The largest absolute Gasteiger partial charge is 0.394 e. The van der Waals surface area contributed by atoms with Crippen LogP contribution in [0.25, 0.3) is 0 Å². The van der Waals surface area contributed by atoms with E-state index in [1.807, 2.05) is 6.92 Å². The summed E-state index contributed by atoms with van der Waals surface area (Å²) in [5.74, 6) is 0.413. The Labute approximate surface area is 112 Å². The van der Waals surface area contributed by atoms with Crippen molar-refractivity contribution in [3.05, 3.63) is 12.3 Å². The van der Waals surface area contributed by atoms with Crippen LogP contribution in [0.15, 0.2) is 12.3 Å². The first kappa shape index (κ1) is 16.9. The van der Waals surface area contributed by atoms with Crippen LogP contribution in [-0.4, -0.2) is 38.6 Å². The van der Waals surface area contributed by atoms with Crippen LogP contribution in [0.5, 0.6) is 0 Å². The summed E-state index contributed by atoms with van der Waals surface area (Å²) in [5, 5.41) is 24.6. The standard InChI is InChI=1S/C11H19N3O3.ClH/c1-2-3-4-11(17)12-10-5-6-14(13-10)7-9(16)8-15;/h5-6,9,15-16H,2-4,7-8H2,1H3,(H,12,13,17);1H/t9-;/m1./s1. The third-order valence-corrected chi connectivity index (χ3v) is 2.27. The number of amides is 1. The van der Waals surface area contributed by atoms with E-state index in [1.165, 1.54) is 4.68 Å². The lowest BCUT2D eigenvalue weighted by Crippen LogP contribution is -2.20. The van der Waals surface area contributed by atoms with E-state index in [-0.39, 0.29) is 31.5 Å². The zero-order chi connectivity index (χ0) is 12.7. The second-order valence-corrected chi connectivity index (χ2v) is 3.91. The van der Waals surface area contributed by atoms with Gasteiger partial charge < -0.3 is 15.5 Å². The minimum Gasteiger partial charge on any atom is -0.394 e. The molecule has 0 aliphatic carbocycles. The number of halogens is 1. The summed E-state index contributed by atoms with van der Waals surface area (Å²) in [6.07, 6.45) is 3.13. The number of anilines is 1. The van der Waals surface area contributed by atoms with Gasteiger partial charge in [0.15, 0.2) is 5.82 Å². The number of aliphatic hydroxyl groups is 2. The van der Waals surface area contributed by atoms with Gasteiger partial charge in [-0.3, -0.25) is 9.48 Å². The van der Waals surface area contributed by atoms with Gasteiger partial charge in [0.05, 0.1) is 19.3 Å². The number of rotatable bonds is 7. The zero-order valence-corrected chi connectivity index (χ0v) is 11.2. The maximum absolute atomic E-state index is 11.4. The van der Waals surface area contributed by atoms with Crippen molar-refractivity contribution in [2.75, 3.05) is 11.9 Å². The number of carbonyl (C=O) groups is 1. The van der Waals surface area contributed by atoms with Gasteiger partial charge in [-0.05, 0) is 6.42 Å². The van der Waals surface area contributed by atoms with Crippen molar-refractivity contribution >= 4 is 24.1 Å². The molecule has 0 unspecified atom stereocenters. The van der Waals surface area contributed by atoms with Crippen LogP contribution in [0.3, 0.4) is 0 Å². The lowest BCUT2D eigenvalue weighted by Gasteiger charge is -2.06. The molecule has 0 aliphatic heterocycles. The molecular formula is C11H20ClN3O3. The van der Waals surface area contributed by atoms with Gasteiger partial charge in [0, 0.05) is 18.7 Å². The van der Waals surface area contributed by atoms with E-state index in [0.29, 0.717) is 12.2 Å². The molecule has 3 N–H and O–H groups in total. The van der Waals surface area contributed by atoms with Crippen LogP contribution in [0.2, 0.25) is 0 Å². The van der Waals surface area contributed by atoms with Crippen molar-refractivity contribution in [2.45, 2.75) is 38.8 Å². The van der Waals surface area contributed by atoms with E-state index >= 15 is 0 Å². The van der Waals surface area contributed by atoms with Gasteiger partial charge in [-0.1, -0.05) is 13.3 Å². The normalized spacial score (nSPS) is 11.7. The first-order chi connectivity index (χ1) is 8.15. The Morgan fingerprint density at radius 2 is 2.33 bits per heavy atom. The van der Waals surface area contributed by atoms with Crippen LogP contribution >= 0.6 is 12.4 Å². The van der Waals surface area contributed by atoms with Crippen molar-refractivity contribution in [1.82, 2.24) is 9.78 Å². The molecule has 1 rings (SSSR count). The SMILES string of the molecule is CCCCC(=O)Nc1ccn(C[C@@H](O)CO)n1.Cl. The molecule has 0 saturated carbocycles. The summed E-state index contributed by atoms with van der Waals surface area (Å²) in [4.78, 5) is 11.4. The molecule has 1 aromatic heterocycles. The van der Waals surface area contributed by atoms with E-state index in [1.54, 1.807) is 12.3 Å². The fourth-order valence-electron chi connectivity index (χ4n) is 1.35. The molecule has 1 aromatic rings. The number of aliphatic hydroxyl groups excluding tert-OH is 2. The first-order valence-corrected chi connectivity index (χ1v) is 5.78. The topological polar surface area (TPSA) is 87.4 Å². The van der Waals surface area contributed by atoms with E-state index in [2.05, 4.69) is 10.4 Å². The Balaban J connectivity index is 0.00000289. The molecule has 0 aliphatic rings. The second-order valence-electron chi connectivity index (χ2n) is 3.91. The molecule has 6 nitrogen and oxygen atoms in total. The molecule has 0 radical (unpaired) electrons. The highest BCUT2D eigenvalue weighted by Crippen LogP contribution is 2.05. The first-order valence-electron chi connectivity index (χ1n) is 5.78. The lowest BCUT2D eigenvalue weighted by molar-refractivity contribution is -0.116. The molecule has 0 aromatic carbocycles. The quantitative estimate of drug-likeness (QED) is 0.687. The van der Waals surface area contributed by atoms with Crippen LogP contribution in [0.4, 0.5) is 5.82 Å². The van der Waals surface area contributed by atoms with Gasteiger partial charge in [-0.15, -0.1) is 12.4 Å². The lowest BCUT2D eigenvalue weighted by atomic mass is 10.2. The van der Waals surface area contributed by atoms with E-state index in [0.717, 1.165) is 12.8 Å². The molecule has 1 amide bonds. The third-order valence-electron chi connectivity index (χ3n) is 2.27. The average Bonchev–Trinajstić information content (AvgIpc) is 2.73. The van der Waals surface area contributed by atoms with Crippen LogP contribution < -0.4 is 5.32 Å². The smallest absolute Gasteiger partial charge is 0.225 e. The van der Waals surface area contributed by atoms with E-state index in [9.17, 15) is 9.90 Å². The number of nitrogens with one attached hydrogen (secondary N) is 1. The number of aromatic nitrogens is 2. The predicted molar refractivity (Wildman–Crippen MR) is 70.7 cm³/mol. The summed E-state index contributed by atoms with van der Waals surface area (Å²) in [6.45, 7) is 1.93. The van der Waals surface area contributed by atoms with Gasteiger partial charge in [0.25, 0.3) is 0 Å². The molecule has 1 heterocycles. The molecule has 0 fully saturated rings. The van der Waals surface area contributed by atoms with E-state index < -0.39 is 6.10 Å². The molecule has 104 valence electrons. The summed E-state index contributed by atoms with van der Waals surface area (Å²) in [5.41, 5.74) is 0. The Hall–Kier alpha value is -1.11. The highest BCUT2D eigenvalue weighted by Gasteiger charge is 2.07. The van der Waals surface area contributed by atoms with Crippen molar-refractivity contribution in [2.24, 2.45) is 0 Å². The Kier molecular flexibility index (Phi) is 8.36. The maximum Gasteiger partial charge on any atom is 0.225 e. The number of hydrogen-bond acceptors (Lipinski definition) is 4. The maximum atomic E-state index is 11.4. The van der Waals surface area contributed by atoms with Gasteiger partial charge in [-0.2, -0.15) is 5.10 Å². The molecule has 1 atom stereocenters. The van der Waals surface area contributed by atoms with Crippen LogP contribution in [0, 0.1) is 0 Å². The Morgan fingerprint density at radius 3 is 2.94 bits per heavy atom. The van der Waals surface area contributed by atoms with Crippen LogP contribution in [0.1, 0.15) is 26.2 Å². The van der Waals surface area contributed by atoms with Crippen molar-refractivity contribution in [1.29, 1.82) is 0 Å². The minimum atomic E-state index is -0.835. The van der Waals surface area contributed by atoms with Gasteiger partial charge in [0.2, 0.25) is 5.91 Å². The van der Waals surface area contributed by atoms with Gasteiger partial charge >= 0.3 is 0 Å². The second kappa shape index (κ2) is 8.91. The van der Waals surface area contributed by atoms with Crippen LogP contribution in [-0.2, 0) is 11.3 Å². The van der Waals surface area contributed by atoms with Gasteiger partial charge in [-0.25, -0.2) is 0 Å². The molecule has 0 bridgehead atoms. The fraction of sp³-hybridized carbons (Fsp3) is 0.636. The Morgan fingerprint density at radius 1 is 1.61 bits per heavy atom. The van der Waals surface area contributed by atoms with Crippen molar-refractivity contribution in [3.8, 4) is 0 Å². The van der Waals surface area contributed by atoms with Crippen molar-refractivity contribution in [3.63, 3.8) is 0 Å². The summed E-state index contributed by atoms with van der Waals surface area (Å²) < 4.78 is 1.48. The summed E-state index contributed by atoms with van der Waals surface area (Å²) >= 11 is 0. The summed E-state index contributed by atoms with van der Waals surface area (Å²) in [6, 6.07) is 1.66. The third kappa shape index (κ3) is 6.00. The molecule has 0 saturated heterocycles. The van der Waals surface area contributed by atoms with E-state index in [4.69, 9.17) is 5.11 Å². The molecular weight excluding hydrogens is 258 g/mol. The highest BCUT2D eigenvalue weighted by atomic mass is 35.5. The number of nitrogens with zero attached hydrogens (tertiary/aromatic N) is 2. The molecule has 18 heavy (non-hydrogen) atoms. The number of hydrogen-bond donors (Lipinski definition) is 3. The monoisotopic (exact) mass is 277 g/mol. The minimum absolute atomic E-state index is 0. The molecule has 0 spiro atoms. The average molecular weight is 278 g/mol. The zero-order valence-electron chi connectivity index (χ0n) is 10.4. The molecule has 7 heteroatoms. The number of carbonyl (C=O) groups excluding carboxylic acids is 1. The fourth-order valence-corrected chi connectivity index (χ4v) is 1.35. The predicted octanol–water partition coefficient (Wildman–Crippen LogP) is 0.787. The summed E-state index contributed by atoms with van der Waals surface area (Å²) in [7, 11) is 0.